The highest BCUT2D eigenvalue weighted by Crippen LogP contribution is 2.28. The van der Waals surface area contributed by atoms with Crippen molar-refractivity contribution in [1.29, 1.82) is 0 Å². The molecule has 0 aliphatic heterocycles. The van der Waals surface area contributed by atoms with Gasteiger partial charge < -0.3 is 10.5 Å². The van der Waals surface area contributed by atoms with E-state index in [2.05, 4.69) is 51.7 Å². The van der Waals surface area contributed by atoms with E-state index in [1.165, 1.54) is 10.9 Å². The van der Waals surface area contributed by atoms with Gasteiger partial charge in [-0.2, -0.15) is 9.78 Å². The molecule has 12 heteroatoms. The maximum absolute atomic E-state index is 12.8. The number of rotatable bonds is 6. The second-order valence-corrected chi connectivity index (χ2v) is 7.07. The Balaban J connectivity index is 1.71. The van der Waals surface area contributed by atoms with Crippen molar-refractivity contribution in [1.82, 2.24) is 30.7 Å². The van der Waals surface area contributed by atoms with Gasteiger partial charge in [-0.25, -0.2) is 10.1 Å². The zero-order chi connectivity index (χ0) is 21.8. The van der Waals surface area contributed by atoms with Gasteiger partial charge in [-0.1, -0.05) is 45.4 Å². The number of nitrogens with zero attached hydrogens (tertiary/aromatic N) is 6. The quantitative estimate of drug-likeness (QED) is 0.314. The lowest BCUT2D eigenvalue weighted by molar-refractivity contribution is 0.0950. The van der Waals surface area contributed by atoms with E-state index in [-0.39, 0.29) is 17.3 Å². The molecule has 2 heterocycles. The molecule has 11 nitrogen and oxygen atoms in total. The van der Waals surface area contributed by atoms with Crippen molar-refractivity contribution in [3.05, 3.63) is 64.3 Å². The molecule has 0 aliphatic rings. The SMILES string of the molecule is COc1cccc(-c2c(C(=O)N/N=C/c3cccc(Br)c3)nnn2-c2nonc2N)c1. The highest BCUT2D eigenvalue weighted by atomic mass is 79.9. The average molecular weight is 483 g/mol. The first-order valence-electron chi connectivity index (χ1n) is 8.84. The molecular formula is C19H15BrN8O3. The maximum atomic E-state index is 12.8. The van der Waals surface area contributed by atoms with Gasteiger partial charge in [0.2, 0.25) is 11.6 Å². The van der Waals surface area contributed by atoms with Crippen LogP contribution < -0.4 is 15.9 Å². The van der Waals surface area contributed by atoms with Crippen LogP contribution >= 0.6 is 15.9 Å². The van der Waals surface area contributed by atoms with Gasteiger partial charge in [-0.05, 0) is 40.1 Å². The Labute approximate surface area is 184 Å². The number of nitrogen functional groups attached to an aromatic ring is 1. The van der Waals surface area contributed by atoms with Crippen LogP contribution in [0.25, 0.3) is 17.1 Å². The smallest absolute Gasteiger partial charge is 0.294 e. The molecule has 0 spiro atoms. The number of nitrogens with one attached hydrogen (secondary N) is 1. The van der Waals surface area contributed by atoms with Gasteiger partial charge >= 0.3 is 0 Å². The first-order chi connectivity index (χ1) is 15.1. The Hall–Kier alpha value is -4.06. The predicted molar refractivity (Wildman–Crippen MR) is 115 cm³/mol. The number of benzene rings is 2. The molecule has 4 aromatic rings. The van der Waals surface area contributed by atoms with Gasteiger partial charge in [0.25, 0.3) is 5.91 Å². The van der Waals surface area contributed by atoms with Crippen LogP contribution in [0.1, 0.15) is 16.1 Å². The second kappa shape index (κ2) is 8.75. The van der Waals surface area contributed by atoms with E-state index in [9.17, 15) is 4.79 Å². The molecule has 31 heavy (non-hydrogen) atoms. The van der Waals surface area contributed by atoms with E-state index in [1.54, 1.807) is 31.4 Å². The molecule has 0 fully saturated rings. The zero-order valence-corrected chi connectivity index (χ0v) is 17.6. The summed E-state index contributed by atoms with van der Waals surface area (Å²) in [6, 6.07) is 14.5. The number of carbonyl (C=O) groups is 1. The van der Waals surface area contributed by atoms with E-state index in [1.807, 2.05) is 24.3 Å². The highest BCUT2D eigenvalue weighted by Gasteiger charge is 2.25. The minimum Gasteiger partial charge on any atom is -0.497 e. The number of ether oxygens (including phenoxy) is 1. The fourth-order valence-corrected chi connectivity index (χ4v) is 3.17. The molecule has 0 saturated heterocycles. The van der Waals surface area contributed by atoms with Crippen molar-refractivity contribution >= 4 is 33.9 Å². The number of hydrogen-bond acceptors (Lipinski definition) is 9. The van der Waals surface area contributed by atoms with Crippen LogP contribution in [0.4, 0.5) is 5.82 Å². The molecule has 4 rings (SSSR count). The zero-order valence-electron chi connectivity index (χ0n) is 16.1. The third-order valence-corrected chi connectivity index (χ3v) is 4.65. The molecule has 156 valence electrons. The molecule has 0 saturated carbocycles. The average Bonchev–Trinajstić information content (AvgIpc) is 3.39. The summed E-state index contributed by atoms with van der Waals surface area (Å²) >= 11 is 3.39. The van der Waals surface area contributed by atoms with Crippen molar-refractivity contribution in [2.45, 2.75) is 0 Å². The summed E-state index contributed by atoms with van der Waals surface area (Å²) in [5, 5.41) is 19.3. The Morgan fingerprint density at radius 3 is 2.84 bits per heavy atom. The van der Waals surface area contributed by atoms with Crippen molar-refractivity contribution in [2.24, 2.45) is 5.10 Å². The molecule has 0 aliphatic carbocycles. The number of aromatic nitrogens is 5. The Kier molecular flexibility index (Phi) is 5.71. The maximum Gasteiger partial charge on any atom is 0.294 e. The topological polar surface area (TPSA) is 146 Å². The number of hydrazone groups is 1. The molecule has 0 unspecified atom stereocenters. The van der Waals surface area contributed by atoms with Gasteiger partial charge in [-0.15, -0.1) is 5.10 Å². The third kappa shape index (κ3) is 4.28. The first-order valence-corrected chi connectivity index (χ1v) is 9.63. The summed E-state index contributed by atoms with van der Waals surface area (Å²) < 4.78 is 12.1. The van der Waals surface area contributed by atoms with Crippen molar-refractivity contribution < 1.29 is 14.2 Å². The van der Waals surface area contributed by atoms with E-state index < -0.39 is 5.91 Å². The van der Waals surface area contributed by atoms with Crippen LogP contribution in [-0.4, -0.2) is 44.5 Å². The molecule has 3 N–H and O–H groups in total. The minimum atomic E-state index is -0.578. The highest BCUT2D eigenvalue weighted by molar-refractivity contribution is 9.10. The summed E-state index contributed by atoms with van der Waals surface area (Å²) in [5.74, 6) is 0.0940. The molecule has 2 aromatic carbocycles. The lowest BCUT2D eigenvalue weighted by Gasteiger charge is -2.07. The number of carbonyl (C=O) groups excluding carboxylic acids is 1. The predicted octanol–water partition coefficient (Wildman–Crippen LogP) is 2.43. The van der Waals surface area contributed by atoms with E-state index in [0.29, 0.717) is 17.0 Å². The summed E-state index contributed by atoms with van der Waals surface area (Å²) in [5.41, 5.74) is 9.97. The Morgan fingerprint density at radius 1 is 1.26 bits per heavy atom. The monoisotopic (exact) mass is 482 g/mol. The van der Waals surface area contributed by atoms with Gasteiger partial charge in [0.1, 0.15) is 11.4 Å². The van der Waals surface area contributed by atoms with Gasteiger partial charge in [0.15, 0.2) is 5.69 Å². The molecule has 0 bridgehead atoms. The van der Waals surface area contributed by atoms with E-state index in [4.69, 9.17) is 10.5 Å². The molecule has 0 radical (unpaired) electrons. The summed E-state index contributed by atoms with van der Waals surface area (Å²) in [7, 11) is 1.54. The lowest BCUT2D eigenvalue weighted by Crippen LogP contribution is -2.19. The summed E-state index contributed by atoms with van der Waals surface area (Å²) in [6.45, 7) is 0. The summed E-state index contributed by atoms with van der Waals surface area (Å²) in [6.07, 6.45) is 1.51. The standard InChI is InChI=1S/C19H15BrN8O3/c1-30-14-7-3-5-12(9-14)16-15(23-27-28(16)18-17(21)25-31-26-18)19(29)24-22-10-11-4-2-6-13(20)8-11/h2-10H,1H3,(H2,21,25)(H,24,29)/b22-10+. The number of anilines is 1. The van der Waals surface area contributed by atoms with Gasteiger partial charge in [0.05, 0.1) is 13.3 Å². The van der Waals surface area contributed by atoms with Crippen LogP contribution in [0.15, 0.2) is 62.7 Å². The van der Waals surface area contributed by atoms with Crippen molar-refractivity contribution in [3.8, 4) is 22.8 Å². The molecule has 1 amide bonds. The number of amides is 1. The number of nitrogens with two attached hydrogens (primary N) is 1. The Bertz CT molecular complexity index is 1270. The fourth-order valence-electron chi connectivity index (χ4n) is 2.76. The normalized spacial score (nSPS) is 11.0. The van der Waals surface area contributed by atoms with Crippen LogP contribution in [0.3, 0.4) is 0 Å². The van der Waals surface area contributed by atoms with E-state index in [0.717, 1.165) is 10.0 Å². The van der Waals surface area contributed by atoms with Crippen LogP contribution in [-0.2, 0) is 0 Å². The van der Waals surface area contributed by atoms with Gasteiger partial charge in [-0.3, -0.25) is 4.79 Å². The third-order valence-electron chi connectivity index (χ3n) is 4.15. The molecular weight excluding hydrogens is 468 g/mol. The van der Waals surface area contributed by atoms with Crippen LogP contribution in [0.5, 0.6) is 5.75 Å². The fraction of sp³-hybridized carbons (Fsp3) is 0.0526. The first kappa shape index (κ1) is 20.2. The van der Waals surface area contributed by atoms with Crippen LogP contribution in [0, 0.1) is 0 Å². The summed E-state index contributed by atoms with van der Waals surface area (Å²) in [4.78, 5) is 12.8. The van der Waals surface area contributed by atoms with Crippen molar-refractivity contribution in [3.63, 3.8) is 0 Å². The minimum absolute atomic E-state index is 0.00189. The number of methoxy groups -OCH3 is 1. The number of halogens is 1. The number of hydrogen-bond donors (Lipinski definition) is 2. The van der Waals surface area contributed by atoms with Crippen LogP contribution in [0.2, 0.25) is 0 Å². The Morgan fingerprint density at radius 2 is 2.10 bits per heavy atom. The molecule has 2 aromatic heterocycles. The largest absolute Gasteiger partial charge is 0.497 e. The second-order valence-electron chi connectivity index (χ2n) is 6.16. The van der Waals surface area contributed by atoms with E-state index >= 15 is 0 Å². The van der Waals surface area contributed by atoms with Gasteiger partial charge in [0, 0.05) is 10.0 Å². The van der Waals surface area contributed by atoms with Crippen molar-refractivity contribution in [2.75, 3.05) is 12.8 Å². The molecule has 0 atom stereocenters. The lowest BCUT2D eigenvalue weighted by atomic mass is 10.1.